The molecule has 1 heterocycles. The van der Waals surface area contributed by atoms with E-state index in [0.717, 1.165) is 41.9 Å². The number of hydrazone groups is 1. The molecule has 128 valence electrons. The second kappa shape index (κ2) is 9.02. The lowest BCUT2D eigenvalue weighted by atomic mass is 10.2. The number of benzene rings is 1. The van der Waals surface area contributed by atoms with E-state index in [-0.39, 0.29) is 5.91 Å². The molecule has 6 nitrogen and oxygen atoms in total. The highest BCUT2D eigenvalue weighted by molar-refractivity contribution is 7.17. The highest BCUT2D eigenvalue weighted by atomic mass is 32.1. The number of anilines is 1. The third-order valence-electron chi connectivity index (χ3n) is 3.31. The predicted octanol–water partition coefficient (Wildman–Crippen LogP) is 3.37. The summed E-state index contributed by atoms with van der Waals surface area (Å²) in [5, 5.41) is 4.37. The standard InChI is InChI=1S/C17H22N4O2S/c1-3-4-7-10-23-14-9-6-5-8-13(14)11-19-21-16(22)15-12(2)20-17(18)24-15/h5-6,8-9,11H,3-4,7,10H2,1-2H3,(H2,18,20)(H,21,22)/b19-11+. The SMILES string of the molecule is CCCCCOc1ccccc1/C=N/NC(=O)c1sc(N)nc1C. The number of hydrogen-bond acceptors (Lipinski definition) is 6. The first-order valence-corrected chi connectivity index (χ1v) is 8.71. The predicted molar refractivity (Wildman–Crippen MR) is 97.8 cm³/mol. The molecule has 24 heavy (non-hydrogen) atoms. The van der Waals surface area contributed by atoms with Crippen LogP contribution in [0, 0.1) is 6.92 Å². The van der Waals surface area contributed by atoms with Gasteiger partial charge in [-0.05, 0) is 25.5 Å². The van der Waals surface area contributed by atoms with Crippen LogP contribution in [0.15, 0.2) is 29.4 Å². The second-order valence-electron chi connectivity index (χ2n) is 5.26. The van der Waals surface area contributed by atoms with Crippen molar-refractivity contribution in [2.75, 3.05) is 12.3 Å². The monoisotopic (exact) mass is 346 g/mol. The molecule has 2 rings (SSSR count). The van der Waals surface area contributed by atoms with Gasteiger partial charge in [0, 0.05) is 5.56 Å². The number of thiazole rings is 1. The van der Waals surface area contributed by atoms with Crippen LogP contribution in [-0.2, 0) is 0 Å². The largest absolute Gasteiger partial charge is 0.493 e. The molecule has 1 amide bonds. The second-order valence-corrected chi connectivity index (χ2v) is 6.29. The van der Waals surface area contributed by atoms with Crippen molar-refractivity contribution < 1.29 is 9.53 Å². The number of nitrogens with one attached hydrogen (secondary N) is 1. The Morgan fingerprint density at radius 2 is 2.21 bits per heavy atom. The maximum absolute atomic E-state index is 12.1. The summed E-state index contributed by atoms with van der Waals surface area (Å²) in [6.07, 6.45) is 4.89. The Balaban J connectivity index is 1.96. The number of hydrogen-bond donors (Lipinski definition) is 2. The first kappa shape index (κ1) is 17.9. The molecule has 0 saturated carbocycles. The third kappa shape index (κ3) is 5.06. The molecule has 0 aliphatic heterocycles. The van der Waals surface area contributed by atoms with E-state index in [4.69, 9.17) is 10.5 Å². The lowest BCUT2D eigenvalue weighted by molar-refractivity contribution is 0.0958. The van der Waals surface area contributed by atoms with Gasteiger partial charge in [-0.2, -0.15) is 5.10 Å². The summed E-state index contributed by atoms with van der Waals surface area (Å²) in [6.45, 7) is 4.57. The maximum atomic E-state index is 12.1. The van der Waals surface area contributed by atoms with Gasteiger partial charge in [0.1, 0.15) is 10.6 Å². The van der Waals surface area contributed by atoms with Gasteiger partial charge in [-0.25, -0.2) is 10.4 Å². The van der Waals surface area contributed by atoms with Crippen molar-refractivity contribution in [3.8, 4) is 5.75 Å². The van der Waals surface area contributed by atoms with Crippen molar-refractivity contribution >= 4 is 28.6 Å². The Labute approximate surface area is 145 Å². The fraction of sp³-hybridized carbons (Fsp3) is 0.353. The summed E-state index contributed by atoms with van der Waals surface area (Å²) >= 11 is 1.14. The van der Waals surface area contributed by atoms with Crippen LogP contribution >= 0.6 is 11.3 Å². The van der Waals surface area contributed by atoms with Gasteiger partial charge in [-0.3, -0.25) is 4.79 Å². The molecule has 7 heteroatoms. The van der Waals surface area contributed by atoms with Crippen LogP contribution in [0.2, 0.25) is 0 Å². The van der Waals surface area contributed by atoms with E-state index in [1.807, 2.05) is 24.3 Å². The first-order valence-electron chi connectivity index (χ1n) is 7.90. The van der Waals surface area contributed by atoms with E-state index in [9.17, 15) is 4.79 Å². The minimum absolute atomic E-state index is 0.320. The van der Waals surface area contributed by atoms with Crippen LogP contribution in [0.1, 0.15) is 47.1 Å². The van der Waals surface area contributed by atoms with E-state index in [1.165, 1.54) is 0 Å². The zero-order valence-electron chi connectivity index (χ0n) is 13.9. The minimum Gasteiger partial charge on any atom is -0.493 e. The smallest absolute Gasteiger partial charge is 0.283 e. The number of rotatable bonds is 8. The Hall–Kier alpha value is -2.41. The van der Waals surface area contributed by atoms with E-state index in [1.54, 1.807) is 13.1 Å². The number of nitrogen functional groups attached to an aromatic ring is 1. The van der Waals surface area contributed by atoms with Gasteiger partial charge in [-0.1, -0.05) is 43.2 Å². The summed E-state index contributed by atoms with van der Waals surface area (Å²) in [5.74, 6) is 0.434. The van der Waals surface area contributed by atoms with Gasteiger partial charge in [0.05, 0.1) is 18.5 Å². The molecule has 0 aliphatic rings. The van der Waals surface area contributed by atoms with Crippen molar-refractivity contribution in [2.24, 2.45) is 5.10 Å². The molecule has 0 aliphatic carbocycles. The number of carbonyl (C=O) groups excluding carboxylic acids is 1. The summed E-state index contributed by atoms with van der Waals surface area (Å²) in [7, 11) is 0. The average Bonchev–Trinajstić information content (AvgIpc) is 2.91. The van der Waals surface area contributed by atoms with E-state index >= 15 is 0 Å². The average molecular weight is 346 g/mol. The highest BCUT2D eigenvalue weighted by Crippen LogP contribution is 2.19. The van der Waals surface area contributed by atoms with Gasteiger partial charge in [-0.15, -0.1) is 0 Å². The number of aryl methyl sites for hydroxylation is 1. The normalized spacial score (nSPS) is 10.9. The maximum Gasteiger partial charge on any atom is 0.283 e. The van der Waals surface area contributed by atoms with Gasteiger partial charge < -0.3 is 10.5 Å². The van der Waals surface area contributed by atoms with E-state index in [2.05, 4.69) is 22.4 Å². The first-order chi connectivity index (χ1) is 11.6. The van der Waals surface area contributed by atoms with Crippen LogP contribution < -0.4 is 15.9 Å². The van der Waals surface area contributed by atoms with Gasteiger partial charge in [0.2, 0.25) is 0 Å². The summed E-state index contributed by atoms with van der Waals surface area (Å²) < 4.78 is 5.78. The number of nitrogens with zero attached hydrogens (tertiary/aromatic N) is 2. The van der Waals surface area contributed by atoms with Crippen LogP contribution in [0.3, 0.4) is 0 Å². The quantitative estimate of drug-likeness (QED) is 0.436. The molecule has 0 spiro atoms. The van der Waals surface area contributed by atoms with E-state index < -0.39 is 0 Å². The number of amides is 1. The number of para-hydroxylation sites is 1. The van der Waals surface area contributed by atoms with Crippen LogP contribution in [0.4, 0.5) is 5.13 Å². The topological polar surface area (TPSA) is 89.6 Å². The molecule has 1 aromatic heterocycles. The highest BCUT2D eigenvalue weighted by Gasteiger charge is 2.13. The Morgan fingerprint density at radius 1 is 1.42 bits per heavy atom. The third-order valence-corrected chi connectivity index (χ3v) is 4.30. The zero-order chi connectivity index (χ0) is 17.4. The lowest BCUT2D eigenvalue weighted by Gasteiger charge is -2.08. The fourth-order valence-corrected chi connectivity index (χ4v) is 2.82. The molecule has 0 unspecified atom stereocenters. The zero-order valence-corrected chi connectivity index (χ0v) is 14.7. The lowest BCUT2D eigenvalue weighted by Crippen LogP contribution is -2.17. The van der Waals surface area contributed by atoms with Crippen molar-refractivity contribution in [3.05, 3.63) is 40.4 Å². The minimum atomic E-state index is -0.320. The van der Waals surface area contributed by atoms with Gasteiger partial charge in [0.25, 0.3) is 5.91 Å². The summed E-state index contributed by atoms with van der Waals surface area (Å²) in [6, 6.07) is 7.59. The number of aromatic nitrogens is 1. The van der Waals surface area contributed by atoms with Gasteiger partial charge in [0.15, 0.2) is 5.13 Å². The summed E-state index contributed by atoms with van der Waals surface area (Å²) in [4.78, 5) is 16.5. The molecule has 0 saturated heterocycles. The van der Waals surface area contributed by atoms with Crippen LogP contribution in [-0.4, -0.2) is 23.7 Å². The molecular formula is C17H22N4O2S. The number of unbranched alkanes of at least 4 members (excludes halogenated alkanes) is 2. The van der Waals surface area contributed by atoms with Crippen LogP contribution in [0.25, 0.3) is 0 Å². The Bertz CT molecular complexity index is 712. The van der Waals surface area contributed by atoms with Gasteiger partial charge >= 0.3 is 0 Å². The molecule has 2 aromatic rings. The molecule has 0 radical (unpaired) electrons. The Kier molecular flexibility index (Phi) is 6.74. The van der Waals surface area contributed by atoms with E-state index in [0.29, 0.717) is 22.3 Å². The van der Waals surface area contributed by atoms with Crippen LogP contribution in [0.5, 0.6) is 5.75 Å². The molecular weight excluding hydrogens is 324 g/mol. The number of ether oxygens (including phenoxy) is 1. The Morgan fingerprint density at radius 3 is 2.92 bits per heavy atom. The molecule has 1 aromatic carbocycles. The van der Waals surface area contributed by atoms with Crippen molar-refractivity contribution in [1.29, 1.82) is 0 Å². The van der Waals surface area contributed by atoms with Crippen molar-refractivity contribution in [3.63, 3.8) is 0 Å². The molecule has 3 N–H and O–H groups in total. The van der Waals surface area contributed by atoms with Crippen molar-refractivity contribution in [2.45, 2.75) is 33.1 Å². The molecule has 0 atom stereocenters. The summed E-state index contributed by atoms with van der Waals surface area (Å²) in [5.41, 5.74) is 9.51. The van der Waals surface area contributed by atoms with Crippen molar-refractivity contribution in [1.82, 2.24) is 10.4 Å². The number of nitrogens with two attached hydrogens (primary N) is 1. The fourth-order valence-electron chi connectivity index (χ4n) is 2.09. The molecule has 0 bridgehead atoms. The molecule has 0 fully saturated rings. The number of carbonyl (C=O) groups is 1.